The molecule has 33 heavy (non-hydrogen) atoms. The molecular weight excluding hydrogens is 436 g/mol. The van der Waals surface area contributed by atoms with Gasteiger partial charge in [0, 0.05) is 32.8 Å². The Bertz CT molecular complexity index is 1150. The summed E-state index contributed by atoms with van der Waals surface area (Å²) in [4.78, 5) is 0.251. The fraction of sp³-hybridized carbons (Fsp3) is 0.480. The molecule has 2 aliphatic heterocycles. The number of nitrogens with zero attached hydrogens (tertiary/aromatic N) is 3. The largest absolute Gasteiger partial charge is 0.381 e. The highest BCUT2D eigenvalue weighted by Crippen LogP contribution is 2.33. The monoisotopic (exact) mass is 468 g/mol. The Labute approximate surface area is 197 Å². The Morgan fingerprint density at radius 2 is 1.97 bits per heavy atom. The van der Waals surface area contributed by atoms with Crippen molar-refractivity contribution in [3.63, 3.8) is 0 Å². The fourth-order valence-corrected chi connectivity index (χ4v) is 6.18. The van der Waals surface area contributed by atoms with E-state index < -0.39 is 10.0 Å². The van der Waals surface area contributed by atoms with Gasteiger partial charge < -0.3 is 9.75 Å². The Morgan fingerprint density at radius 1 is 1.21 bits per heavy atom. The first-order valence-corrected chi connectivity index (χ1v) is 13.0. The number of hydrogen-bond acceptors (Lipinski definition) is 6. The van der Waals surface area contributed by atoms with Crippen LogP contribution in [0.2, 0.25) is 0 Å². The number of ether oxygens (including phenoxy) is 1. The number of rotatable bonds is 7. The lowest BCUT2D eigenvalue weighted by atomic mass is 10.00. The van der Waals surface area contributed by atoms with Crippen LogP contribution in [0.15, 0.2) is 41.3 Å². The van der Waals surface area contributed by atoms with Gasteiger partial charge in [0.25, 0.3) is 10.0 Å². The zero-order chi connectivity index (χ0) is 23.6. The summed E-state index contributed by atoms with van der Waals surface area (Å²) in [5.41, 5.74) is 7.12. The number of sulfonamides is 1. The normalized spacial score (nSPS) is 16.6. The number of benzene rings is 2. The maximum atomic E-state index is 13.8. The molecule has 4 rings (SSSR count). The standard InChI is InChI=1S/C25H32N4O3S/c1-18(2)16-29(25-6-4-19(3)12-21(25)14-26)33(30,31)23-5-7-24-22(13-23)15-27-28(24)17-20-8-10-32-11-9-20/h4-7,12-13,18,20,27H,8-11,15-17H2,1-3H3. The number of hydrazine groups is 1. The minimum absolute atomic E-state index is 0.0960. The first-order chi connectivity index (χ1) is 15.8. The first-order valence-electron chi connectivity index (χ1n) is 11.5. The molecule has 7 nitrogen and oxygen atoms in total. The van der Waals surface area contributed by atoms with Crippen molar-refractivity contribution < 1.29 is 13.2 Å². The van der Waals surface area contributed by atoms with Crippen LogP contribution >= 0.6 is 0 Å². The lowest BCUT2D eigenvalue weighted by Crippen LogP contribution is -2.38. The van der Waals surface area contributed by atoms with Crippen molar-refractivity contribution in [2.24, 2.45) is 11.8 Å². The second kappa shape index (κ2) is 9.72. The first kappa shape index (κ1) is 23.6. The SMILES string of the molecule is Cc1ccc(N(CC(C)C)S(=O)(=O)c2ccc3c(c2)CNN3CC2CCOCC2)c(C#N)c1. The molecule has 0 aliphatic carbocycles. The highest BCUT2D eigenvalue weighted by Gasteiger charge is 2.30. The van der Waals surface area contributed by atoms with Crippen LogP contribution in [-0.2, 0) is 21.3 Å². The van der Waals surface area contributed by atoms with Gasteiger partial charge in [-0.15, -0.1) is 0 Å². The molecule has 176 valence electrons. The lowest BCUT2D eigenvalue weighted by Gasteiger charge is -2.29. The third kappa shape index (κ3) is 5.01. The van der Waals surface area contributed by atoms with Crippen LogP contribution in [0.4, 0.5) is 11.4 Å². The molecule has 2 aromatic rings. The van der Waals surface area contributed by atoms with Gasteiger partial charge in [-0.2, -0.15) is 5.26 Å². The second-order valence-electron chi connectivity index (χ2n) is 9.35. The third-order valence-electron chi connectivity index (χ3n) is 6.24. The molecule has 1 N–H and O–H groups in total. The Kier molecular flexibility index (Phi) is 6.94. The molecule has 0 saturated carbocycles. The highest BCUT2D eigenvalue weighted by atomic mass is 32.2. The molecule has 2 aliphatic rings. The number of hydrogen-bond donors (Lipinski definition) is 1. The van der Waals surface area contributed by atoms with Crippen LogP contribution in [0.1, 0.15) is 43.4 Å². The molecule has 0 unspecified atom stereocenters. The molecule has 0 radical (unpaired) electrons. The van der Waals surface area contributed by atoms with Gasteiger partial charge in [0.2, 0.25) is 0 Å². The summed E-state index contributed by atoms with van der Waals surface area (Å²) in [6.07, 6.45) is 2.09. The van der Waals surface area contributed by atoms with E-state index in [9.17, 15) is 13.7 Å². The maximum Gasteiger partial charge on any atom is 0.264 e. The van der Waals surface area contributed by atoms with Gasteiger partial charge in [-0.05, 0) is 73.1 Å². The number of anilines is 2. The molecule has 0 atom stereocenters. The van der Waals surface area contributed by atoms with E-state index in [-0.39, 0.29) is 10.8 Å². The smallest absolute Gasteiger partial charge is 0.264 e. The molecule has 1 saturated heterocycles. The van der Waals surface area contributed by atoms with E-state index in [1.165, 1.54) is 4.31 Å². The molecule has 0 spiro atoms. The molecule has 0 amide bonds. The third-order valence-corrected chi connectivity index (χ3v) is 8.02. The molecule has 2 aromatic carbocycles. The number of nitriles is 1. The van der Waals surface area contributed by atoms with Crippen LogP contribution in [0, 0.1) is 30.1 Å². The van der Waals surface area contributed by atoms with E-state index >= 15 is 0 Å². The van der Waals surface area contributed by atoms with E-state index in [0.717, 1.165) is 49.4 Å². The molecule has 8 heteroatoms. The van der Waals surface area contributed by atoms with E-state index in [4.69, 9.17) is 4.74 Å². The van der Waals surface area contributed by atoms with Gasteiger partial charge in [0.15, 0.2) is 0 Å². The molecular formula is C25H32N4O3S. The maximum absolute atomic E-state index is 13.8. The fourth-order valence-electron chi connectivity index (χ4n) is 4.48. The summed E-state index contributed by atoms with van der Waals surface area (Å²) in [7, 11) is -3.84. The van der Waals surface area contributed by atoms with Crippen LogP contribution in [-0.4, -0.2) is 34.7 Å². The van der Waals surface area contributed by atoms with Crippen LogP contribution < -0.4 is 14.7 Å². The lowest BCUT2D eigenvalue weighted by molar-refractivity contribution is 0.0677. The van der Waals surface area contributed by atoms with Crippen molar-refractivity contribution in [3.05, 3.63) is 53.1 Å². The van der Waals surface area contributed by atoms with Crippen molar-refractivity contribution in [3.8, 4) is 6.07 Å². The Hall–Kier alpha value is -2.60. The highest BCUT2D eigenvalue weighted by molar-refractivity contribution is 7.92. The molecule has 2 heterocycles. The van der Waals surface area contributed by atoms with Gasteiger partial charge in [0.1, 0.15) is 6.07 Å². The molecule has 0 bridgehead atoms. The summed E-state index contributed by atoms with van der Waals surface area (Å²) < 4.78 is 34.4. The van der Waals surface area contributed by atoms with E-state index in [2.05, 4.69) is 16.5 Å². The van der Waals surface area contributed by atoms with Gasteiger partial charge in [0.05, 0.1) is 21.8 Å². The Balaban J connectivity index is 1.65. The summed E-state index contributed by atoms with van der Waals surface area (Å²) in [5.74, 6) is 0.659. The minimum atomic E-state index is -3.84. The minimum Gasteiger partial charge on any atom is -0.381 e. The van der Waals surface area contributed by atoms with Crippen molar-refractivity contribution in [1.29, 1.82) is 5.26 Å². The summed E-state index contributed by atoms with van der Waals surface area (Å²) >= 11 is 0. The summed E-state index contributed by atoms with van der Waals surface area (Å²) in [6, 6.07) is 12.8. The topological polar surface area (TPSA) is 85.7 Å². The summed E-state index contributed by atoms with van der Waals surface area (Å²) in [5, 5.41) is 11.8. The van der Waals surface area contributed by atoms with Gasteiger partial charge >= 0.3 is 0 Å². The second-order valence-corrected chi connectivity index (χ2v) is 11.2. The molecule has 0 aromatic heterocycles. The predicted molar refractivity (Wildman–Crippen MR) is 129 cm³/mol. The summed E-state index contributed by atoms with van der Waals surface area (Å²) in [6.45, 7) is 9.23. The van der Waals surface area contributed by atoms with Crippen LogP contribution in [0.3, 0.4) is 0 Å². The van der Waals surface area contributed by atoms with Crippen molar-refractivity contribution in [1.82, 2.24) is 5.43 Å². The van der Waals surface area contributed by atoms with Crippen LogP contribution in [0.5, 0.6) is 0 Å². The van der Waals surface area contributed by atoms with Crippen molar-refractivity contribution in [2.75, 3.05) is 35.6 Å². The zero-order valence-electron chi connectivity index (χ0n) is 19.5. The average molecular weight is 469 g/mol. The number of aryl methyl sites for hydroxylation is 1. The van der Waals surface area contributed by atoms with Gasteiger partial charge in [-0.3, -0.25) is 4.31 Å². The predicted octanol–water partition coefficient (Wildman–Crippen LogP) is 3.97. The zero-order valence-corrected chi connectivity index (χ0v) is 20.4. The number of fused-ring (bicyclic) bond motifs is 1. The Morgan fingerprint density at radius 3 is 2.67 bits per heavy atom. The van der Waals surface area contributed by atoms with Crippen molar-refractivity contribution >= 4 is 21.4 Å². The van der Waals surface area contributed by atoms with Crippen LogP contribution in [0.25, 0.3) is 0 Å². The quantitative estimate of drug-likeness (QED) is 0.662. The van der Waals surface area contributed by atoms with E-state index in [0.29, 0.717) is 30.3 Å². The van der Waals surface area contributed by atoms with Gasteiger partial charge in [-0.1, -0.05) is 19.9 Å². The van der Waals surface area contributed by atoms with E-state index in [1.807, 2.05) is 32.9 Å². The van der Waals surface area contributed by atoms with E-state index in [1.54, 1.807) is 24.3 Å². The molecule has 1 fully saturated rings. The van der Waals surface area contributed by atoms with Gasteiger partial charge in [-0.25, -0.2) is 13.8 Å². The van der Waals surface area contributed by atoms with Crippen molar-refractivity contribution in [2.45, 2.75) is 45.1 Å². The number of nitrogens with one attached hydrogen (secondary N) is 1. The average Bonchev–Trinajstić information content (AvgIpc) is 3.20.